The molecule has 2 aromatic rings. The minimum absolute atomic E-state index is 0.257. The molecule has 1 unspecified atom stereocenters. The standard InChI is InChI=1S/C19H21N3O3/c1-9-5-6-12(13(7-9)25-4)15-14(18(20)23)11(3)22-17-10(2)8-21-19(24)16(15)17/h5-8,15,22H,1-4H3,(H2,20,23)(H,21,24). The lowest BCUT2D eigenvalue weighted by atomic mass is 9.79. The summed E-state index contributed by atoms with van der Waals surface area (Å²) in [5.41, 5.74) is 10.2. The third-order valence-electron chi connectivity index (χ3n) is 4.59. The number of aromatic nitrogens is 1. The fraction of sp³-hybridized carbons (Fsp3) is 0.263. The van der Waals surface area contributed by atoms with E-state index in [1.807, 2.05) is 32.0 Å². The smallest absolute Gasteiger partial charge is 0.254 e. The van der Waals surface area contributed by atoms with E-state index in [-0.39, 0.29) is 5.56 Å². The van der Waals surface area contributed by atoms with Crippen molar-refractivity contribution in [1.29, 1.82) is 0 Å². The highest BCUT2D eigenvalue weighted by molar-refractivity contribution is 5.97. The Morgan fingerprint density at radius 3 is 2.60 bits per heavy atom. The third-order valence-corrected chi connectivity index (χ3v) is 4.59. The van der Waals surface area contributed by atoms with Crippen molar-refractivity contribution in [2.45, 2.75) is 26.7 Å². The van der Waals surface area contributed by atoms with Gasteiger partial charge in [-0.2, -0.15) is 0 Å². The highest BCUT2D eigenvalue weighted by Gasteiger charge is 2.35. The second kappa shape index (κ2) is 6.12. The fourth-order valence-electron chi connectivity index (χ4n) is 3.40. The van der Waals surface area contributed by atoms with Crippen LogP contribution in [0.4, 0.5) is 5.69 Å². The molecule has 0 saturated carbocycles. The summed E-state index contributed by atoms with van der Waals surface area (Å²) >= 11 is 0. The number of benzene rings is 1. The predicted octanol–water partition coefficient (Wildman–Crippen LogP) is 2.32. The van der Waals surface area contributed by atoms with Crippen molar-refractivity contribution in [2.24, 2.45) is 5.73 Å². The molecule has 4 N–H and O–H groups in total. The molecule has 1 amide bonds. The Balaban J connectivity index is 2.39. The number of carbonyl (C=O) groups is 1. The Hall–Kier alpha value is -3.02. The molecular formula is C19H21N3O3. The van der Waals surface area contributed by atoms with Crippen LogP contribution in [0.2, 0.25) is 0 Å². The van der Waals surface area contributed by atoms with Gasteiger partial charge in [-0.05, 0) is 38.0 Å². The van der Waals surface area contributed by atoms with Gasteiger partial charge >= 0.3 is 0 Å². The van der Waals surface area contributed by atoms with Crippen molar-refractivity contribution in [1.82, 2.24) is 4.98 Å². The average molecular weight is 339 g/mol. The van der Waals surface area contributed by atoms with Crippen LogP contribution in [0.5, 0.6) is 5.75 Å². The summed E-state index contributed by atoms with van der Waals surface area (Å²) in [7, 11) is 1.57. The van der Waals surface area contributed by atoms with Crippen LogP contribution < -0.4 is 21.3 Å². The molecule has 1 aliphatic heterocycles. The van der Waals surface area contributed by atoms with E-state index in [9.17, 15) is 9.59 Å². The van der Waals surface area contributed by atoms with E-state index in [0.717, 1.165) is 16.7 Å². The molecule has 25 heavy (non-hydrogen) atoms. The number of methoxy groups -OCH3 is 1. The van der Waals surface area contributed by atoms with E-state index in [0.29, 0.717) is 28.3 Å². The van der Waals surface area contributed by atoms with E-state index >= 15 is 0 Å². The number of fused-ring (bicyclic) bond motifs is 1. The van der Waals surface area contributed by atoms with E-state index in [4.69, 9.17) is 10.5 Å². The molecule has 0 fully saturated rings. The summed E-state index contributed by atoms with van der Waals surface area (Å²) in [5, 5.41) is 3.17. The van der Waals surface area contributed by atoms with Gasteiger partial charge in [-0.15, -0.1) is 0 Å². The zero-order valence-corrected chi connectivity index (χ0v) is 14.7. The Morgan fingerprint density at radius 1 is 1.24 bits per heavy atom. The first-order valence-corrected chi connectivity index (χ1v) is 7.99. The molecule has 0 bridgehead atoms. The molecule has 1 atom stereocenters. The van der Waals surface area contributed by atoms with Gasteiger partial charge in [0.2, 0.25) is 5.91 Å². The maximum Gasteiger partial charge on any atom is 0.254 e. The van der Waals surface area contributed by atoms with Gasteiger partial charge in [0.1, 0.15) is 5.75 Å². The Bertz CT molecular complexity index is 957. The SMILES string of the molecule is COc1cc(C)ccc1C1C(C(N)=O)=C(C)Nc2c(C)c[nH]c(=O)c21. The fourth-order valence-corrected chi connectivity index (χ4v) is 3.40. The van der Waals surface area contributed by atoms with Gasteiger partial charge in [0.25, 0.3) is 5.56 Å². The lowest BCUT2D eigenvalue weighted by Gasteiger charge is -2.30. The minimum atomic E-state index is -0.590. The number of anilines is 1. The lowest BCUT2D eigenvalue weighted by molar-refractivity contribution is -0.114. The zero-order valence-electron chi connectivity index (χ0n) is 14.7. The summed E-state index contributed by atoms with van der Waals surface area (Å²) in [6.45, 7) is 5.64. The van der Waals surface area contributed by atoms with Gasteiger partial charge < -0.3 is 20.8 Å². The lowest BCUT2D eigenvalue weighted by Crippen LogP contribution is -2.32. The quantitative estimate of drug-likeness (QED) is 0.799. The molecule has 0 spiro atoms. The number of H-pyrrole nitrogens is 1. The molecule has 1 aliphatic rings. The largest absolute Gasteiger partial charge is 0.496 e. The third kappa shape index (κ3) is 2.69. The van der Waals surface area contributed by atoms with E-state index < -0.39 is 11.8 Å². The van der Waals surface area contributed by atoms with Crippen LogP contribution in [0.15, 0.2) is 40.5 Å². The van der Waals surface area contributed by atoms with Crippen LogP contribution in [0.25, 0.3) is 0 Å². The molecule has 6 heteroatoms. The number of ether oxygens (including phenoxy) is 1. The maximum absolute atomic E-state index is 12.6. The summed E-state index contributed by atoms with van der Waals surface area (Å²) in [4.78, 5) is 27.6. The Morgan fingerprint density at radius 2 is 1.96 bits per heavy atom. The van der Waals surface area contributed by atoms with Gasteiger partial charge in [0.15, 0.2) is 0 Å². The zero-order chi connectivity index (χ0) is 18.3. The van der Waals surface area contributed by atoms with Crippen molar-refractivity contribution in [2.75, 3.05) is 12.4 Å². The number of rotatable bonds is 3. The molecule has 3 rings (SSSR count). The number of carbonyl (C=O) groups excluding carboxylic acids is 1. The number of amides is 1. The number of nitrogens with one attached hydrogen (secondary N) is 2. The molecule has 6 nitrogen and oxygen atoms in total. The van der Waals surface area contributed by atoms with Crippen molar-refractivity contribution in [3.63, 3.8) is 0 Å². The number of allylic oxidation sites excluding steroid dienone is 1. The molecule has 1 aromatic heterocycles. The van der Waals surface area contributed by atoms with Gasteiger partial charge in [-0.25, -0.2) is 0 Å². The summed E-state index contributed by atoms with van der Waals surface area (Å²) in [5.74, 6) is -0.539. The summed E-state index contributed by atoms with van der Waals surface area (Å²) < 4.78 is 5.52. The van der Waals surface area contributed by atoms with Gasteiger partial charge in [0.05, 0.1) is 24.3 Å². The Labute approximate surface area is 145 Å². The van der Waals surface area contributed by atoms with Gasteiger partial charge in [0, 0.05) is 23.0 Å². The van der Waals surface area contributed by atoms with Gasteiger partial charge in [-0.1, -0.05) is 12.1 Å². The van der Waals surface area contributed by atoms with Crippen LogP contribution in [0.1, 0.15) is 35.1 Å². The first-order chi connectivity index (χ1) is 11.8. The topological polar surface area (TPSA) is 97.2 Å². The summed E-state index contributed by atoms with van der Waals surface area (Å²) in [6.07, 6.45) is 1.65. The number of primary amides is 1. The molecule has 130 valence electrons. The van der Waals surface area contributed by atoms with E-state index in [2.05, 4.69) is 10.3 Å². The van der Waals surface area contributed by atoms with Crippen LogP contribution in [0.3, 0.4) is 0 Å². The number of hydrogen-bond donors (Lipinski definition) is 3. The van der Waals surface area contributed by atoms with E-state index in [1.165, 1.54) is 0 Å². The molecule has 0 radical (unpaired) electrons. The predicted molar refractivity (Wildman–Crippen MR) is 96.9 cm³/mol. The first-order valence-electron chi connectivity index (χ1n) is 7.99. The van der Waals surface area contributed by atoms with Crippen molar-refractivity contribution >= 4 is 11.6 Å². The second-order valence-electron chi connectivity index (χ2n) is 6.30. The van der Waals surface area contributed by atoms with Crippen LogP contribution in [-0.2, 0) is 4.79 Å². The van der Waals surface area contributed by atoms with Crippen molar-refractivity contribution < 1.29 is 9.53 Å². The summed E-state index contributed by atoms with van der Waals surface area (Å²) in [6, 6.07) is 5.69. The highest BCUT2D eigenvalue weighted by Crippen LogP contribution is 2.43. The minimum Gasteiger partial charge on any atom is -0.496 e. The number of aryl methyl sites for hydroxylation is 2. The van der Waals surface area contributed by atoms with Crippen LogP contribution in [0, 0.1) is 13.8 Å². The molecule has 2 heterocycles. The van der Waals surface area contributed by atoms with Crippen LogP contribution in [-0.4, -0.2) is 18.0 Å². The van der Waals surface area contributed by atoms with Crippen LogP contribution >= 0.6 is 0 Å². The van der Waals surface area contributed by atoms with E-state index in [1.54, 1.807) is 20.2 Å². The Kier molecular flexibility index (Phi) is 4.12. The maximum atomic E-state index is 12.6. The molecule has 0 saturated heterocycles. The molecule has 1 aromatic carbocycles. The number of pyridine rings is 1. The second-order valence-corrected chi connectivity index (χ2v) is 6.30. The number of hydrogen-bond acceptors (Lipinski definition) is 4. The monoisotopic (exact) mass is 339 g/mol. The number of aromatic amines is 1. The highest BCUT2D eigenvalue weighted by atomic mass is 16.5. The van der Waals surface area contributed by atoms with Gasteiger partial charge in [-0.3, -0.25) is 9.59 Å². The normalized spacial score (nSPS) is 16.2. The first kappa shape index (κ1) is 16.8. The molecule has 0 aliphatic carbocycles. The van der Waals surface area contributed by atoms with Crippen molar-refractivity contribution in [3.05, 3.63) is 68.3 Å². The molecular weight excluding hydrogens is 318 g/mol. The average Bonchev–Trinajstić information content (AvgIpc) is 2.56. The number of nitrogens with two attached hydrogens (primary N) is 1. The van der Waals surface area contributed by atoms with Crippen molar-refractivity contribution in [3.8, 4) is 5.75 Å².